The van der Waals surface area contributed by atoms with Crippen LogP contribution < -0.4 is 0 Å². The first-order chi connectivity index (χ1) is 20.0. The van der Waals surface area contributed by atoms with Gasteiger partial charge >= 0.3 is 0 Å². The highest BCUT2D eigenvalue weighted by atomic mass is 32.2. The van der Waals surface area contributed by atoms with Crippen molar-refractivity contribution in [2.75, 3.05) is 26.2 Å². The molecule has 2 atom stereocenters. The molecule has 3 aromatic carbocycles. The minimum atomic E-state index is 0.0844. The zero-order chi connectivity index (χ0) is 28.2. The molecule has 1 aliphatic carbocycles. The summed E-state index contributed by atoms with van der Waals surface area (Å²) in [5.74, 6) is 0.219. The predicted molar refractivity (Wildman–Crippen MR) is 167 cm³/mol. The van der Waals surface area contributed by atoms with E-state index in [-0.39, 0.29) is 11.8 Å². The Labute approximate surface area is 248 Å². The molecule has 3 aromatic rings. The van der Waals surface area contributed by atoms with Crippen molar-refractivity contribution in [3.63, 3.8) is 0 Å². The third-order valence-corrected chi connectivity index (χ3v) is 10.2. The fourth-order valence-electron chi connectivity index (χ4n) is 6.34. The second-order valence-electron chi connectivity index (χ2n) is 11.6. The molecule has 0 radical (unpaired) electrons. The number of aryl methyl sites for hydroxylation is 1. The molecule has 2 unspecified atom stereocenters. The van der Waals surface area contributed by atoms with E-state index in [2.05, 4.69) is 65.3 Å². The molecule has 2 amide bonds. The van der Waals surface area contributed by atoms with E-state index in [4.69, 9.17) is 0 Å². The van der Waals surface area contributed by atoms with E-state index in [1.54, 1.807) is 11.8 Å². The molecule has 0 N–H and O–H groups in total. The summed E-state index contributed by atoms with van der Waals surface area (Å²) in [5.41, 5.74) is 5.44. The summed E-state index contributed by atoms with van der Waals surface area (Å²) in [5, 5.41) is 0.443. The first kappa shape index (κ1) is 27.8. The van der Waals surface area contributed by atoms with E-state index in [0.717, 1.165) is 56.0 Å². The van der Waals surface area contributed by atoms with E-state index in [9.17, 15) is 9.59 Å². The second-order valence-corrected chi connectivity index (χ2v) is 12.8. The lowest BCUT2D eigenvalue weighted by Crippen LogP contribution is -2.50. The lowest BCUT2D eigenvalue weighted by molar-refractivity contribution is -0.130. The van der Waals surface area contributed by atoms with Crippen LogP contribution in [0.4, 0.5) is 0 Å². The van der Waals surface area contributed by atoms with Gasteiger partial charge in [-0.05, 0) is 60.2 Å². The first-order valence-electron chi connectivity index (χ1n) is 14.9. The van der Waals surface area contributed by atoms with E-state index in [1.807, 2.05) is 41.3 Å². The maximum Gasteiger partial charge on any atom is 0.260 e. The fourth-order valence-corrected chi connectivity index (χ4v) is 7.81. The summed E-state index contributed by atoms with van der Waals surface area (Å²) in [6, 6.07) is 27.0. The topological polar surface area (TPSA) is 43.9 Å². The van der Waals surface area contributed by atoms with Gasteiger partial charge < -0.3 is 9.80 Å². The molecule has 0 bridgehead atoms. The highest BCUT2D eigenvalue weighted by Crippen LogP contribution is 2.43. The average Bonchev–Trinajstić information content (AvgIpc) is 3.01. The Morgan fingerprint density at radius 2 is 1.56 bits per heavy atom. The molecule has 3 aliphatic rings. The highest BCUT2D eigenvalue weighted by Gasteiger charge is 2.40. The molecular formula is C35H39N3O2S. The van der Waals surface area contributed by atoms with Crippen molar-refractivity contribution < 1.29 is 9.59 Å². The van der Waals surface area contributed by atoms with Gasteiger partial charge in [-0.1, -0.05) is 79.6 Å². The van der Waals surface area contributed by atoms with Gasteiger partial charge in [-0.2, -0.15) is 0 Å². The smallest absolute Gasteiger partial charge is 0.260 e. The summed E-state index contributed by atoms with van der Waals surface area (Å²) in [6.07, 6.45) is 6.68. The van der Waals surface area contributed by atoms with Crippen molar-refractivity contribution in [2.45, 2.75) is 57.0 Å². The van der Waals surface area contributed by atoms with Crippen LogP contribution in [0.15, 0.2) is 83.8 Å². The van der Waals surface area contributed by atoms with Crippen molar-refractivity contribution in [2.24, 2.45) is 0 Å². The highest BCUT2D eigenvalue weighted by molar-refractivity contribution is 8.04. The normalized spacial score (nSPS) is 22.6. The van der Waals surface area contributed by atoms with Crippen molar-refractivity contribution in [1.82, 2.24) is 14.7 Å². The molecule has 41 heavy (non-hydrogen) atoms. The number of fused-ring (bicyclic) bond motifs is 1. The molecule has 0 aromatic heterocycles. The van der Waals surface area contributed by atoms with Crippen molar-refractivity contribution >= 4 is 29.7 Å². The van der Waals surface area contributed by atoms with Gasteiger partial charge in [0.15, 0.2) is 0 Å². The van der Waals surface area contributed by atoms with Gasteiger partial charge in [0.2, 0.25) is 0 Å². The summed E-state index contributed by atoms with van der Waals surface area (Å²) < 4.78 is 0. The maximum atomic E-state index is 13.8. The Hall–Kier alpha value is -3.35. The zero-order valence-corrected chi connectivity index (χ0v) is 24.7. The van der Waals surface area contributed by atoms with Crippen molar-refractivity contribution in [3.05, 3.63) is 112 Å². The third kappa shape index (κ3) is 6.44. The number of piperazine rings is 1. The van der Waals surface area contributed by atoms with Crippen molar-refractivity contribution in [3.8, 4) is 0 Å². The Morgan fingerprint density at radius 3 is 2.32 bits per heavy atom. The van der Waals surface area contributed by atoms with Gasteiger partial charge in [-0.15, -0.1) is 11.8 Å². The minimum Gasteiger partial charge on any atom is -0.336 e. The van der Waals surface area contributed by atoms with Crippen LogP contribution in [0.3, 0.4) is 0 Å². The molecule has 1 saturated carbocycles. The van der Waals surface area contributed by atoms with Crippen LogP contribution in [0.2, 0.25) is 0 Å². The molecular weight excluding hydrogens is 526 g/mol. The molecule has 2 aliphatic heterocycles. The number of thioether (sulfide) groups is 1. The molecule has 2 saturated heterocycles. The number of carbonyl (C=O) groups excluding carboxylic acids is 2. The van der Waals surface area contributed by atoms with E-state index < -0.39 is 0 Å². The standard InChI is InChI=1S/C35H39N3O2S/c1-26-9-5-6-12-30(26)25-38-31-13-7-8-14-32(31)41-33(35(38)40)23-27-15-17-29(18-16-27)34(39)37-21-19-36(20-22-37)24-28-10-3-2-4-11-28/h2-6,9-12,15-18,23,31-32H,7-8,13-14,19-22,24-25H2,1H3/b33-23+. The Kier molecular flexibility index (Phi) is 8.59. The zero-order valence-electron chi connectivity index (χ0n) is 23.9. The number of carbonyl (C=O) groups is 2. The van der Waals surface area contributed by atoms with Crippen LogP contribution >= 0.6 is 11.8 Å². The number of benzene rings is 3. The molecule has 0 spiro atoms. The molecule has 212 valence electrons. The molecule has 5 nitrogen and oxygen atoms in total. The Morgan fingerprint density at radius 1 is 0.854 bits per heavy atom. The second kappa shape index (κ2) is 12.7. The lowest BCUT2D eigenvalue weighted by atomic mass is 9.92. The summed E-state index contributed by atoms with van der Waals surface area (Å²) >= 11 is 1.76. The average molecular weight is 566 g/mol. The van der Waals surface area contributed by atoms with Crippen LogP contribution in [0.25, 0.3) is 6.08 Å². The van der Waals surface area contributed by atoms with Gasteiger partial charge in [-0.3, -0.25) is 14.5 Å². The largest absolute Gasteiger partial charge is 0.336 e. The van der Waals surface area contributed by atoms with Crippen LogP contribution in [0.5, 0.6) is 0 Å². The van der Waals surface area contributed by atoms with Gasteiger partial charge in [0.05, 0.1) is 4.91 Å². The Bertz CT molecular complexity index is 1400. The number of rotatable bonds is 6. The van der Waals surface area contributed by atoms with E-state index in [0.29, 0.717) is 23.4 Å². The van der Waals surface area contributed by atoms with Crippen LogP contribution in [-0.4, -0.2) is 64.0 Å². The lowest BCUT2D eigenvalue weighted by Gasteiger charge is -2.44. The predicted octanol–water partition coefficient (Wildman–Crippen LogP) is 6.38. The number of nitrogens with zero attached hydrogens (tertiary/aromatic N) is 3. The molecule has 6 rings (SSSR count). The van der Waals surface area contributed by atoms with Crippen LogP contribution in [0, 0.1) is 6.92 Å². The monoisotopic (exact) mass is 565 g/mol. The van der Waals surface area contributed by atoms with Gasteiger partial charge in [0.1, 0.15) is 0 Å². The van der Waals surface area contributed by atoms with Crippen LogP contribution in [0.1, 0.15) is 58.3 Å². The molecule has 3 fully saturated rings. The number of amides is 2. The van der Waals surface area contributed by atoms with Crippen LogP contribution in [-0.2, 0) is 17.9 Å². The first-order valence-corrected chi connectivity index (χ1v) is 15.8. The van der Waals surface area contributed by atoms with E-state index in [1.165, 1.54) is 29.5 Å². The van der Waals surface area contributed by atoms with Crippen molar-refractivity contribution in [1.29, 1.82) is 0 Å². The van der Waals surface area contributed by atoms with Gasteiger partial charge in [0.25, 0.3) is 11.8 Å². The van der Waals surface area contributed by atoms with Gasteiger partial charge in [-0.25, -0.2) is 0 Å². The summed E-state index contributed by atoms with van der Waals surface area (Å²) in [4.78, 5) is 34.4. The summed E-state index contributed by atoms with van der Waals surface area (Å²) in [6.45, 7) is 6.95. The molecule has 2 heterocycles. The SMILES string of the molecule is Cc1ccccc1CN1C(=O)/C(=C\c2ccc(C(=O)N3CCN(Cc4ccccc4)CC3)cc2)SC2CCCCC21. The number of hydrogen-bond donors (Lipinski definition) is 0. The third-order valence-electron chi connectivity index (χ3n) is 8.78. The van der Waals surface area contributed by atoms with Gasteiger partial charge in [0, 0.05) is 56.1 Å². The molecule has 6 heteroatoms. The Balaban J connectivity index is 1.12. The fraction of sp³-hybridized carbons (Fsp3) is 0.371. The quantitative estimate of drug-likeness (QED) is 0.325. The number of hydrogen-bond acceptors (Lipinski definition) is 4. The van der Waals surface area contributed by atoms with E-state index >= 15 is 0 Å². The maximum absolute atomic E-state index is 13.8. The summed E-state index contributed by atoms with van der Waals surface area (Å²) in [7, 11) is 0. The minimum absolute atomic E-state index is 0.0844.